The zero-order valence-corrected chi connectivity index (χ0v) is 11.6. The molecule has 100 valence electrons. The number of rotatable bonds is 6. The quantitative estimate of drug-likeness (QED) is 0.453. The van der Waals surface area contributed by atoms with E-state index in [2.05, 4.69) is 13.8 Å². The molecule has 4 nitrogen and oxygen atoms in total. The van der Waals surface area contributed by atoms with E-state index < -0.39 is 16.4 Å². The SMILES string of the molecule is CC(C)SCCOc1cc(F)c([N+](=O)[O-])cc1Cl. The van der Waals surface area contributed by atoms with Crippen LogP contribution >= 0.6 is 23.4 Å². The molecular weight excluding hydrogens is 281 g/mol. The summed E-state index contributed by atoms with van der Waals surface area (Å²) < 4.78 is 18.6. The molecule has 0 radical (unpaired) electrons. The second-order valence-corrected chi connectivity index (χ2v) is 5.85. The van der Waals surface area contributed by atoms with Crippen LogP contribution in [0, 0.1) is 15.9 Å². The van der Waals surface area contributed by atoms with E-state index in [9.17, 15) is 14.5 Å². The second kappa shape index (κ2) is 6.80. The van der Waals surface area contributed by atoms with Gasteiger partial charge in [-0.25, -0.2) is 0 Å². The minimum absolute atomic E-state index is 0.0395. The van der Waals surface area contributed by atoms with Crippen LogP contribution in [-0.2, 0) is 0 Å². The Morgan fingerprint density at radius 1 is 1.56 bits per heavy atom. The average Bonchev–Trinajstić information content (AvgIpc) is 2.27. The van der Waals surface area contributed by atoms with Crippen molar-refractivity contribution >= 4 is 29.1 Å². The molecule has 0 aliphatic heterocycles. The molecule has 0 spiro atoms. The molecule has 0 saturated carbocycles. The van der Waals surface area contributed by atoms with E-state index in [0.717, 1.165) is 17.9 Å². The maximum Gasteiger partial charge on any atom is 0.306 e. The summed E-state index contributed by atoms with van der Waals surface area (Å²) in [5.41, 5.74) is -0.649. The Bertz CT molecular complexity index is 443. The van der Waals surface area contributed by atoms with Gasteiger partial charge in [0.15, 0.2) is 0 Å². The summed E-state index contributed by atoms with van der Waals surface area (Å²) in [7, 11) is 0. The van der Waals surface area contributed by atoms with E-state index in [1.807, 2.05) is 0 Å². The standard InChI is InChI=1S/C11H13ClFNO3S/c1-7(2)18-4-3-17-11-6-9(13)10(14(15)16)5-8(11)12/h5-7H,3-4H2,1-2H3. The van der Waals surface area contributed by atoms with Crippen molar-refractivity contribution in [2.75, 3.05) is 12.4 Å². The van der Waals surface area contributed by atoms with E-state index >= 15 is 0 Å². The van der Waals surface area contributed by atoms with Gasteiger partial charge in [-0.2, -0.15) is 16.2 Å². The predicted octanol–water partition coefficient (Wildman–Crippen LogP) is 3.91. The van der Waals surface area contributed by atoms with Crippen LogP contribution in [0.4, 0.5) is 10.1 Å². The summed E-state index contributed by atoms with van der Waals surface area (Å²) in [6.45, 7) is 4.49. The summed E-state index contributed by atoms with van der Waals surface area (Å²) >= 11 is 7.48. The average molecular weight is 294 g/mol. The first-order chi connectivity index (χ1) is 8.41. The first-order valence-electron chi connectivity index (χ1n) is 5.29. The fourth-order valence-corrected chi connectivity index (χ4v) is 2.07. The molecule has 0 aliphatic rings. The molecule has 0 heterocycles. The summed E-state index contributed by atoms with van der Waals surface area (Å²) in [6, 6.07) is 1.91. The molecule has 0 aliphatic carbocycles. The Labute approximate surface area is 114 Å². The number of nitrogens with zero attached hydrogens (tertiary/aromatic N) is 1. The Hall–Kier alpha value is -1.01. The van der Waals surface area contributed by atoms with Gasteiger partial charge in [0.25, 0.3) is 0 Å². The summed E-state index contributed by atoms with van der Waals surface area (Å²) in [5.74, 6) is -0.0768. The van der Waals surface area contributed by atoms with Gasteiger partial charge in [0.1, 0.15) is 5.75 Å². The number of nitro groups is 1. The van der Waals surface area contributed by atoms with Crippen LogP contribution in [0.3, 0.4) is 0 Å². The van der Waals surface area contributed by atoms with E-state index in [-0.39, 0.29) is 10.8 Å². The lowest BCUT2D eigenvalue weighted by Crippen LogP contribution is -2.04. The van der Waals surface area contributed by atoms with Crippen molar-refractivity contribution in [3.05, 3.63) is 33.1 Å². The van der Waals surface area contributed by atoms with Crippen molar-refractivity contribution in [3.63, 3.8) is 0 Å². The summed E-state index contributed by atoms with van der Waals surface area (Å²) in [6.07, 6.45) is 0. The third-order valence-corrected chi connectivity index (χ3v) is 3.35. The smallest absolute Gasteiger partial charge is 0.306 e. The third-order valence-electron chi connectivity index (χ3n) is 1.99. The van der Waals surface area contributed by atoms with Crippen LogP contribution in [0.1, 0.15) is 13.8 Å². The third kappa shape index (κ3) is 4.34. The van der Waals surface area contributed by atoms with Crippen LogP contribution in [-0.4, -0.2) is 22.5 Å². The molecule has 1 aromatic carbocycles. The highest BCUT2D eigenvalue weighted by Gasteiger charge is 2.18. The molecular formula is C11H13ClFNO3S. The van der Waals surface area contributed by atoms with Crippen LogP contribution in [0.5, 0.6) is 5.75 Å². The van der Waals surface area contributed by atoms with Gasteiger partial charge >= 0.3 is 5.69 Å². The number of hydrogen-bond acceptors (Lipinski definition) is 4. The van der Waals surface area contributed by atoms with Gasteiger partial charge in [-0.05, 0) is 5.25 Å². The molecule has 0 amide bonds. The van der Waals surface area contributed by atoms with Gasteiger partial charge in [-0.15, -0.1) is 0 Å². The number of ether oxygens (including phenoxy) is 1. The van der Waals surface area contributed by atoms with Gasteiger partial charge in [0.05, 0.1) is 16.6 Å². The molecule has 18 heavy (non-hydrogen) atoms. The van der Waals surface area contributed by atoms with Crippen molar-refractivity contribution in [3.8, 4) is 5.75 Å². The maximum atomic E-state index is 13.3. The number of benzene rings is 1. The van der Waals surface area contributed by atoms with E-state index in [1.54, 1.807) is 11.8 Å². The fourth-order valence-electron chi connectivity index (χ4n) is 1.20. The highest BCUT2D eigenvalue weighted by atomic mass is 35.5. The van der Waals surface area contributed by atoms with Crippen molar-refractivity contribution in [1.29, 1.82) is 0 Å². The van der Waals surface area contributed by atoms with Crippen LogP contribution < -0.4 is 4.74 Å². The molecule has 0 saturated heterocycles. The molecule has 0 fully saturated rings. The molecule has 0 atom stereocenters. The largest absolute Gasteiger partial charge is 0.491 e. The number of halogens is 2. The van der Waals surface area contributed by atoms with Gasteiger partial charge in [-0.3, -0.25) is 10.1 Å². The maximum absolute atomic E-state index is 13.3. The van der Waals surface area contributed by atoms with Gasteiger partial charge in [0.2, 0.25) is 5.82 Å². The second-order valence-electron chi connectivity index (χ2n) is 3.76. The summed E-state index contributed by atoms with van der Waals surface area (Å²) in [5, 5.41) is 11.0. The molecule has 0 unspecified atom stereocenters. The van der Waals surface area contributed by atoms with Crippen molar-refractivity contribution in [2.24, 2.45) is 0 Å². The normalized spacial score (nSPS) is 10.7. The van der Waals surface area contributed by atoms with Crippen LogP contribution in [0.15, 0.2) is 12.1 Å². The molecule has 7 heteroatoms. The van der Waals surface area contributed by atoms with Crippen molar-refractivity contribution in [1.82, 2.24) is 0 Å². The minimum Gasteiger partial charge on any atom is -0.491 e. The van der Waals surface area contributed by atoms with E-state index in [1.165, 1.54) is 0 Å². The van der Waals surface area contributed by atoms with Crippen LogP contribution in [0.2, 0.25) is 5.02 Å². The highest BCUT2D eigenvalue weighted by molar-refractivity contribution is 7.99. The van der Waals surface area contributed by atoms with Crippen LogP contribution in [0.25, 0.3) is 0 Å². The molecule has 0 aromatic heterocycles. The zero-order chi connectivity index (χ0) is 13.7. The van der Waals surface area contributed by atoms with Gasteiger partial charge in [0, 0.05) is 17.9 Å². The first-order valence-corrected chi connectivity index (χ1v) is 6.72. The summed E-state index contributed by atoms with van der Waals surface area (Å²) in [4.78, 5) is 9.66. The lowest BCUT2D eigenvalue weighted by molar-refractivity contribution is -0.387. The van der Waals surface area contributed by atoms with Crippen molar-refractivity contribution in [2.45, 2.75) is 19.1 Å². The fraction of sp³-hybridized carbons (Fsp3) is 0.455. The van der Waals surface area contributed by atoms with Gasteiger partial charge in [-0.1, -0.05) is 25.4 Å². The highest BCUT2D eigenvalue weighted by Crippen LogP contribution is 2.31. The Morgan fingerprint density at radius 3 is 2.78 bits per heavy atom. The minimum atomic E-state index is -0.948. The zero-order valence-electron chi connectivity index (χ0n) is 9.98. The predicted molar refractivity (Wildman–Crippen MR) is 71.2 cm³/mol. The van der Waals surface area contributed by atoms with E-state index in [4.69, 9.17) is 16.3 Å². The topological polar surface area (TPSA) is 52.4 Å². The monoisotopic (exact) mass is 293 g/mol. The van der Waals surface area contributed by atoms with E-state index in [0.29, 0.717) is 11.9 Å². The molecule has 1 aromatic rings. The Kier molecular flexibility index (Phi) is 5.68. The Balaban J connectivity index is 2.67. The van der Waals surface area contributed by atoms with Crippen molar-refractivity contribution < 1.29 is 14.1 Å². The molecule has 0 bridgehead atoms. The molecule has 0 N–H and O–H groups in total. The lowest BCUT2D eigenvalue weighted by atomic mass is 10.3. The number of hydrogen-bond donors (Lipinski definition) is 0. The van der Waals surface area contributed by atoms with Gasteiger partial charge < -0.3 is 4.74 Å². The number of thioether (sulfide) groups is 1. The first kappa shape index (κ1) is 15.0. The lowest BCUT2D eigenvalue weighted by Gasteiger charge is -2.09. The number of nitro benzene ring substituents is 1. The Morgan fingerprint density at radius 2 is 2.22 bits per heavy atom. The molecule has 1 rings (SSSR count).